The lowest BCUT2D eigenvalue weighted by Crippen LogP contribution is -2.10. The minimum Gasteiger partial charge on any atom is -0.393 e. The average Bonchev–Trinajstić information content (AvgIpc) is 2.60. The number of nitrogens with zero attached hydrogens (tertiary/aromatic N) is 3. The second kappa shape index (κ2) is 7.22. The zero-order chi connectivity index (χ0) is 15.9. The van der Waals surface area contributed by atoms with Gasteiger partial charge in [-0.25, -0.2) is 9.97 Å². The molecule has 0 spiro atoms. The Morgan fingerprint density at radius 2 is 1.78 bits per heavy atom. The lowest BCUT2D eigenvalue weighted by molar-refractivity contribution is 1.00. The molecule has 0 aliphatic rings. The van der Waals surface area contributed by atoms with Gasteiger partial charge in [0.1, 0.15) is 12.0 Å². The van der Waals surface area contributed by atoms with Crippen molar-refractivity contribution < 1.29 is 0 Å². The van der Waals surface area contributed by atoms with Crippen LogP contribution < -0.4 is 16.4 Å². The Labute approximate surface area is 134 Å². The van der Waals surface area contributed by atoms with Crippen LogP contribution in [0.2, 0.25) is 0 Å². The normalized spacial score (nSPS) is 10.3. The van der Waals surface area contributed by atoms with Crippen LogP contribution in [0.3, 0.4) is 0 Å². The highest BCUT2D eigenvalue weighted by atomic mass is 15.1. The third kappa shape index (κ3) is 3.94. The number of aromatic nitrogens is 3. The Hall–Kier alpha value is -3.15. The fourth-order valence-electron chi connectivity index (χ4n) is 2.18. The van der Waals surface area contributed by atoms with Gasteiger partial charge in [0, 0.05) is 12.7 Å². The van der Waals surface area contributed by atoms with E-state index < -0.39 is 0 Å². The summed E-state index contributed by atoms with van der Waals surface area (Å²) < 4.78 is 0. The third-order valence-corrected chi connectivity index (χ3v) is 3.36. The number of nitrogens with two attached hydrogens (primary N) is 1. The Kier molecular flexibility index (Phi) is 4.63. The first-order chi connectivity index (χ1) is 11.3. The molecule has 0 saturated heterocycles. The monoisotopic (exact) mass is 306 g/mol. The van der Waals surface area contributed by atoms with Gasteiger partial charge in [-0.15, -0.1) is 0 Å². The molecule has 4 N–H and O–H groups in total. The Balaban J connectivity index is 1.65. The highest BCUT2D eigenvalue weighted by molar-refractivity contribution is 5.77. The second-order valence-electron chi connectivity index (χ2n) is 5.01. The number of benzene rings is 1. The number of hydrogen-bond donors (Lipinski definition) is 3. The topological polar surface area (TPSA) is 88.8 Å². The van der Waals surface area contributed by atoms with Crippen molar-refractivity contribution >= 4 is 23.0 Å². The molecule has 0 bridgehead atoms. The van der Waals surface area contributed by atoms with Gasteiger partial charge in [0.25, 0.3) is 0 Å². The maximum atomic E-state index is 6.14. The van der Waals surface area contributed by atoms with E-state index in [1.165, 1.54) is 11.9 Å². The van der Waals surface area contributed by atoms with Gasteiger partial charge in [0.05, 0.1) is 11.9 Å². The van der Waals surface area contributed by atoms with Crippen molar-refractivity contribution in [2.24, 2.45) is 0 Å². The van der Waals surface area contributed by atoms with E-state index in [0.29, 0.717) is 17.3 Å². The van der Waals surface area contributed by atoms with Crippen molar-refractivity contribution in [2.75, 3.05) is 22.9 Å². The van der Waals surface area contributed by atoms with E-state index in [1.807, 2.05) is 30.3 Å². The molecule has 23 heavy (non-hydrogen) atoms. The van der Waals surface area contributed by atoms with Crippen molar-refractivity contribution in [1.29, 1.82) is 0 Å². The lowest BCUT2D eigenvalue weighted by Gasteiger charge is -2.12. The van der Waals surface area contributed by atoms with Gasteiger partial charge in [0.15, 0.2) is 11.6 Å². The van der Waals surface area contributed by atoms with Crippen LogP contribution in [0.25, 0.3) is 0 Å². The van der Waals surface area contributed by atoms with Gasteiger partial charge < -0.3 is 16.4 Å². The van der Waals surface area contributed by atoms with Crippen LogP contribution in [-0.2, 0) is 6.42 Å². The quantitative estimate of drug-likeness (QED) is 0.649. The molecule has 0 aliphatic carbocycles. The molecule has 2 heterocycles. The molecule has 6 nitrogen and oxygen atoms in total. The van der Waals surface area contributed by atoms with Gasteiger partial charge >= 0.3 is 0 Å². The zero-order valence-corrected chi connectivity index (χ0v) is 12.6. The number of nitrogen functional groups attached to an aromatic ring is 1. The van der Waals surface area contributed by atoms with Crippen LogP contribution in [0.1, 0.15) is 5.56 Å². The summed E-state index contributed by atoms with van der Waals surface area (Å²) in [5, 5.41) is 6.40. The summed E-state index contributed by atoms with van der Waals surface area (Å²) in [5.74, 6) is 1.19. The van der Waals surface area contributed by atoms with Crippen LogP contribution >= 0.6 is 0 Å². The smallest absolute Gasteiger partial charge is 0.159 e. The van der Waals surface area contributed by atoms with Gasteiger partial charge in [-0.3, -0.25) is 4.98 Å². The molecule has 3 aromatic rings. The fraction of sp³-hybridized carbons (Fsp3) is 0.118. The Morgan fingerprint density at radius 3 is 2.57 bits per heavy atom. The fourth-order valence-corrected chi connectivity index (χ4v) is 2.18. The van der Waals surface area contributed by atoms with Crippen molar-refractivity contribution in [3.05, 3.63) is 66.7 Å². The van der Waals surface area contributed by atoms with Crippen molar-refractivity contribution in [2.45, 2.75) is 6.42 Å². The minimum atomic E-state index is 0.490. The molecule has 0 aliphatic heterocycles. The van der Waals surface area contributed by atoms with Gasteiger partial charge in [-0.05, 0) is 24.1 Å². The molecular weight excluding hydrogens is 288 g/mol. The van der Waals surface area contributed by atoms with Gasteiger partial charge in [0.2, 0.25) is 0 Å². The van der Waals surface area contributed by atoms with Crippen LogP contribution in [0.5, 0.6) is 0 Å². The molecule has 0 unspecified atom stereocenters. The standard InChI is InChI=1S/C17H18N6/c18-15-16(20-10-8-13-5-2-1-3-6-13)21-12-22-17(15)23-14-7-4-9-19-11-14/h1-7,9,11-12H,8,10,18H2,(H2,20,21,22,23). The molecule has 3 rings (SSSR count). The number of pyridine rings is 1. The average molecular weight is 306 g/mol. The maximum absolute atomic E-state index is 6.14. The van der Waals surface area contributed by atoms with E-state index in [0.717, 1.165) is 18.7 Å². The molecule has 0 atom stereocenters. The summed E-state index contributed by atoms with van der Waals surface area (Å²) in [6.45, 7) is 0.748. The van der Waals surface area contributed by atoms with Crippen LogP contribution in [-0.4, -0.2) is 21.5 Å². The molecular formula is C17H18N6. The van der Waals surface area contributed by atoms with Crippen LogP contribution in [0.15, 0.2) is 61.2 Å². The third-order valence-electron chi connectivity index (χ3n) is 3.36. The predicted molar refractivity (Wildman–Crippen MR) is 92.6 cm³/mol. The Bertz CT molecular complexity index is 746. The molecule has 0 amide bonds. The van der Waals surface area contributed by atoms with Gasteiger partial charge in [-0.2, -0.15) is 0 Å². The van der Waals surface area contributed by atoms with Crippen molar-refractivity contribution in [1.82, 2.24) is 15.0 Å². The van der Waals surface area contributed by atoms with E-state index in [2.05, 4.69) is 37.7 Å². The number of hydrogen-bond acceptors (Lipinski definition) is 6. The van der Waals surface area contributed by atoms with E-state index in [1.54, 1.807) is 12.4 Å². The van der Waals surface area contributed by atoms with Crippen molar-refractivity contribution in [3.8, 4) is 0 Å². The summed E-state index contributed by atoms with van der Waals surface area (Å²) in [5.41, 5.74) is 8.72. The molecule has 6 heteroatoms. The SMILES string of the molecule is Nc1c(NCCc2ccccc2)ncnc1Nc1cccnc1. The predicted octanol–water partition coefficient (Wildman–Crippen LogP) is 2.85. The van der Waals surface area contributed by atoms with Crippen molar-refractivity contribution in [3.63, 3.8) is 0 Å². The summed E-state index contributed by atoms with van der Waals surface area (Å²) in [7, 11) is 0. The van der Waals surface area contributed by atoms with E-state index in [9.17, 15) is 0 Å². The summed E-state index contributed by atoms with van der Waals surface area (Å²) >= 11 is 0. The summed E-state index contributed by atoms with van der Waals surface area (Å²) in [4.78, 5) is 12.4. The molecule has 1 aromatic carbocycles. The first kappa shape index (κ1) is 14.8. The van der Waals surface area contributed by atoms with Crippen LogP contribution in [0, 0.1) is 0 Å². The second-order valence-corrected chi connectivity index (χ2v) is 5.01. The highest BCUT2D eigenvalue weighted by Gasteiger charge is 2.08. The van der Waals surface area contributed by atoms with Gasteiger partial charge in [-0.1, -0.05) is 30.3 Å². The van der Waals surface area contributed by atoms with E-state index in [4.69, 9.17) is 5.73 Å². The lowest BCUT2D eigenvalue weighted by atomic mass is 10.1. The maximum Gasteiger partial charge on any atom is 0.159 e. The molecule has 0 radical (unpaired) electrons. The van der Waals surface area contributed by atoms with Crippen LogP contribution in [0.4, 0.5) is 23.0 Å². The Morgan fingerprint density at radius 1 is 0.957 bits per heavy atom. The minimum absolute atomic E-state index is 0.490. The zero-order valence-electron chi connectivity index (χ0n) is 12.6. The van der Waals surface area contributed by atoms with E-state index in [-0.39, 0.29) is 0 Å². The summed E-state index contributed by atoms with van der Waals surface area (Å²) in [6, 6.07) is 14.0. The number of anilines is 4. The first-order valence-electron chi connectivity index (χ1n) is 7.38. The number of nitrogens with one attached hydrogen (secondary N) is 2. The molecule has 2 aromatic heterocycles. The largest absolute Gasteiger partial charge is 0.393 e. The molecule has 0 saturated carbocycles. The summed E-state index contributed by atoms with van der Waals surface area (Å²) in [6.07, 6.45) is 5.81. The highest BCUT2D eigenvalue weighted by Crippen LogP contribution is 2.25. The number of rotatable bonds is 6. The van der Waals surface area contributed by atoms with E-state index >= 15 is 0 Å². The molecule has 0 fully saturated rings. The molecule has 116 valence electrons. The first-order valence-corrected chi connectivity index (χ1v) is 7.38.